The van der Waals surface area contributed by atoms with Gasteiger partial charge in [-0.1, -0.05) is 55.5 Å². The van der Waals surface area contributed by atoms with Gasteiger partial charge in [0, 0.05) is 31.7 Å². The van der Waals surface area contributed by atoms with Crippen molar-refractivity contribution < 1.29 is 9.59 Å². The third kappa shape index (κ3) is 5.42. The molecule has 1 unspecified atom stereocenters. The topological polar surface area (TPSA) is 52.6 Å². The third-order valence-corrected chi connectivity index (χ3v) is 5.19. The molecule has 0 bridgehead atoms. The van der Waals surface area contributed by atoms with Gasteiger partial charge in [-0.25, -0.2) is 0 Å². The maximum atomic E-state index is 12.9. The average molecular weight is 380 g/mol. The maximum absolute atomic E-state index is 12.9. The van der Waals surface area contributed by atoms with Crippen molar-refractivity contribution in [3.63, 3.8) is 0 Å². The second kappa shape index (κ2) is 10.0. The van der Waals surface area contributed by atoms with Crippen LogP contribution in [-0.2, 0) is 4.79 Å². The highest BCUT2D eigenvalue weighted by Gasteiger charge is 2.25. The number of hydrogen-bond donors (Lipinski definition) is 1. The van der Waals surface area contributed by atoms with E-state index in [1.54, 1.807) is 12.1 Å². The number of carbonyl (C=O) groups is 2. The van der Waals surface area contributed by atoms with Gasteiger partial charge in [0.2, 0.25) is 5.91 Å². The van der Waals surface area contributed by atoms with Crippen LogP contribution in [0.15, 0.2) is 60.7 Å². The lowest BCUT2D eigenvalue weighted by Gasteiger charge is -2.35. The van der Waals surface area contributed by atoms with Crippen LogP contribution in [0.2, 0.25) is 0 Å². The largest absolute Gasteiger partial charge is 0.345 e. The quantitative estimate of drug-likeness (QED) is 0.804. The molecule has 1 aliphatic heterocycles. The predicted octanol–water partition coefficient (Wildman–Crippen LogP) is 3.10. The molecule has 1 fully saturated rings. The van der Waals surface area contributed by atoms with Crippen LogP contribution < -0.4 is 5.32 Å². The van der Waals surface area contributed by atoms with Crippen LogP contribution in [0.1, 0.15) is 41.7 Å². The SMILES string of the molecule is CCCN1CCN(C(=O)CC(NC(=O)c2ccccc2)c2ccccc2)CC1. The van der Waals surface area contributed by atoms with Crippen LogP contribution in [0, 0.1) is 0 Å². The Morgan fingerprint density at radius 1 is 0.929 bits per heavy atom. The van der Waals surface area contributed by atoms with E-state index in [2.05, 4.69) is 17.1 Å². The Hall–Kier alpha value is -2.66. The summed E-state index contributed by atoms with van der Waals surface area (Å²) in [6, 6.07) is 18.5. The van der Waals surface area contributed by atoms with Crippen molar-refractivity contribution >= 4 is 11.8 Å². The molecule has 0 aromatic heterocycles. The molecule has 1 N–H and O–H groups in total. The fraction of sp³-hybridized carbons (Fsp3) is 0.391. The molecular formula is C23H29N3O2. The minimum Gasteiger partial charge on any atom is -0.345 e. The van der Waals surface area contributed by atoms with Gasteiger partial charge >= 0.3 is 0 Å². The van der Waals surface area contributed by atoms with Gasteiger partial charge in [0.05, 0.1) is 12.5 Å². The first-order valence-corrected chi connectivity index (χ1v) is 10.1. The summed E-state index contributed by atoms with van der Waals surface area (Å²) in [6.45, 7) is 6.62. The van der Waals surface area contributed by atoms with Crippen molar-refractivity contribution in [2.24, 2.45) is 0 Å². The maximum Gasteiger partial charge on any atom is 0.251 e. The Bertz CT molecular complexity index is 756. The normalized spacial score (nSPS) is 15.8. The average Bonchev–Trinajstić information content (AvgIpc) is 2.75. The van der Waals surface area contributed by atoms with Crippen LogP contribution in [0.25, 0.3) is 0 Å². The Balaban J connectivity index is 1.66. The molecule has 0 aliphatic carbocycles. The number of carbonyl (C=O) groups excluding carboxylic acids is 2. The van der Waals surface area contributed by atoms with Gasteiger partial charge in [0.15, 0.2) is 0 Å². The first kappa shape index (κ1) is 20.1. The first-order chi connectivity index (χ1) is 13.7. The zero-order chi connectivity index (χ0) is 19.8. The minimum absolute atomic E-state index is 0.0957. The van der Waals surface area contributed by atoms with Gasteiger partial charge in [0.25, 0.3) is 5.91 Å². The van der Waals surface area contributed by atoms with Gasteiger partial charge in [-0.05, 0) is 30.7 Å². The number of benzene rings is 2. The summed E-state index contributed by atoms with van der Waals surface area (Å²) in [4.78, 5) is 29.9. The molecule has 0 spiro atoms. The Morgan fingerprint density at radius 2 is 1.54 bits per heavy atom. The highest BCUT2D eigenvalue weighted by molar-refractivity contribution is 5.94. The molecule has 2 aromatic carbocycles. The number of nitrogens with zero attached hydrogens (tertiary/aromatic N) is 2. The summed E-state index contributed by atoms with van der Waals surface area (Å²) in [6.07, 6.45) is 1.41. The summed E-state index contributed by atoms with van der Waals surface area (Å²) < 4.78 is 0. The van der Waals surface area contributed by atoms with Gasteiger partial charge in [-0.15, -0.1) is 0 Å². The lowest BCUT2D eigenvalue weighted by atomic mass is 10.0. The van der Waals surface area contributed by atoms with Crippen molar-refractivity contribution in [2.45, 2.75) is 25.8 Å². The van der Waals surface area contributed by atoms with E-state index in [4.69, 9.17) is 0 Å². The van der Waals surface area contributed by atoms with E-state index in [1.165, 1.54) is 0 Å². The highest BCUT2D eigenvalue weighted by Crippen LogP contribution is 2.19. The molecule has 3 rings (SSSR count). The van der Waals surface area contributed by atoms with Gasteiger partial charge in [-0.3, -0.25) is 14.5 Å². The zero-order valence-corrected chi connectivity index (χ0v) is 16.5. The van der Waals surface area contributed by atoms with Crippen molar-refractivity contribution in [1.29, 1.82) is 0 Å². The number of hydrogen-bond acceptors (Lipinski definition) is 3. The standard InChI is InChI=1S/C23H29N3O2/c1-2-13-25-14-16-26(17-15-25)22(27)18-21(19-9-5-3-6-10-19)24-23(28)20-11-7-4-8-12-20/h3-12,21H,2,13-18H2,1H3,(H,24,28). The van der Waals surface area contributed by atoms with E-state index in [1.807, 2.05) is 53.4 Å². The van der Waals surface area contributed by atoms with Gasteiger partial charge in [-0.2, -0.15) is 0 Å². The summed E-state index contributed by atoms with van der Waals surface area (Å²) in [5.41, 5.74) is 1.55. The fourth-order valence-electron chi connectivity index (χ4n) is 3.61. The number of amides is 2. The molecule has 1 saturated heterocycles. The summed E-state index contributed by atoms with van der Waals surface area (Å²) in [5.74, 6) is -0.0617. The third-order valence-electron chi connectivity index (χ3n) is 5.19. The molecular weight excluding hydrogens is 350 g/mol. The lowest BCUT2D eigenvalue weighted by molar-refractivity contribution is -0.133. The molecule has 2 amide bonds. The number of nitrogens with one attached hydrogen (secondary N) is 1. The molecule has 148 valence electrons. The number of rotatable bonds is 7. The minimum atomic E-state index is -0.338. The van der Waals surface area contributed by atoms with Crippen LogP contribution in [-0.4, -0.2) is 54.3 Å². The number of piperazine rings is 1. The van der Waals surface area contributed by atoms with Crippen molar-refractivity contribution in [1.82, 2.24) is 15.1 Å². The Labute approximate surface area is 167 Å². The summed E-state index contributed by atoms with van der Waals surface area (Å²) in [7, 11) is 0. The molecule has 1 atom stereocenters. The van der Waals surface area contributed by atoms with Crippen LogP contribution in [0.3, 0.4) is 0 Å². The smallest absolute Gasteiger partial charge is 0.251 e. The van der Waals surface area contributed by atoms with Crippen LogP contribution in [0.5, 0.6) is 0 Å². The second-order valence-corrected chi connectivity index (χ2v) is 7.23. The molecule has 0 saturated carbocycles. The summed E-state index contributed by atoms with van der Waals surface area (Å²) in [5, 5.41) is 3.05. The molecule has 1 aliphatic rings. The zero-order valence-electron chi connectivity index (χ0n) is 16.5. The summed E-state index contributed by atoms with van der Waals surface area (Å²) >= 11 is 0. The predicted molar refractivity (Wildman–Crippen MR) is 111 cm³/mol. The molecule has 28 heavy (non-hydrogen) atoms. The van der Waals surface area contributed by atoms with Crippen molar-refractivity contribution in [2.75, 3.05) is 32.7 Å². The Morgan fingerprint density at radius 3 is 2.14 bits per heavy atom. The second-order valence-electron chi connectivity index (χ2n) is 7.23. The molecule has 5 heteroatoms. The monoisotopic (exact) mass is 379 g/mol. The highest BCUT2D eigenvalue weighted by atomic mass is 16.2. The Kier molecular flexibility index (Phi) is 7.20. The lowest BCUT2D eigenvalue weighted by Crippen LogP contribution is -2.49. The molecule has 1 heterocycles. The van der Waals surface area contributed by atoms with Crippen LogP contribution >= 0.6 is 0 Å². The molecule has 5 nitrogen and oxygen atoms in total. The first-order valence-electron chi connectivity index (χ1n) is 10.1. The van der Waals surface area contributed by atoms with E-state index in [-0.39, 0.29) is 24.3 Å². The van der Waals surface area contributed by atoms with E-state index < -0.39 is 0 Å². The fourth-order valence-corrected chi connectivity index (χ4v) is 3.61. The van der Waals surface area contributed by atoms with Gasteiger partial charge in [0.1, 0.15) is 0 Å². The van der Waals surface area contributed by atoms with E-state index in [9.17, 15) is 9.59 Å². The van der Waals surface area contributed by atoms with E-state index in [0.717, 1.165) is 44.7 Å². The van der Waals surface area contributed by atoms with Gasteiger partial charge < -0.3 is 10.2 Å². The van der Waals surface area contributed by atoms with Crippen molar-refractivity contribution in [3.8, 4) is 0 Å². The van der Waals surface area contributed by atoms with E-state index in [0.29, 0.717) is 5.56 Å². The van der Waals surface area contributed by atoms with Crippen LogP contribution in [0.4, 0.5) is 0 Å². The van der Waals surface area contributed by atoms with Crippen molar-refractivity contribution in [3.05, 3.63) is 71.8 Å². The van der Waals surface area contributed by atoms with E-state index >= 15 is 0 Å². The molecule has 0 radical (unpaired) electrons. The molecule has 2 aromatic rings.